The first-order valence-electron chi connectivity index (χ1n) is 4.88. The van der Waals surface area contributed by atoms with Gasteiger partial charge in [-0.15, -0.1) is 0 Å². The summed E-state index contributed by atoms with van der Waals surface area (Å²) >= 11 is 6.66. The lowest BCUT2D eigenvalue weighted by atomic mass is 10.2. The molecule has 0 aliphatic heterocycles. The van der Waals surface area contributed by atoms with Crippen molar-refractivity contribution >= 4 is 35.4 Å². The van der Waals surface area contributed by atoms with Gasteiger partial charge in [-0.1, -0.05) is 12.2 Å². The number of nitrogens with zero attached hydrogens (tertiary/aromatic N) is 1. The summed E-state index contributed by atoms with van der Waals surface area (Å²) in [5.74, 6) is 1.16. The monoisotopic (exact) mass is 244 g/mol. The van der Waals surface area contributed by atoms with E-state index >= 15 is 0 Å². The van der Waals surface area contributed by atoms with Crippen molar-refractivity contribution in [2.75, 3.05) is 36.2 Å². The largest absolute Gasteiger partial charge is 0.396 e. The zero-order valence-electron chi connectivity index (χ0n) is 9.08. The Morgan fingerprint density at radius 3 is 2.67 bits per heavy atom. The van der Waals surface area contributed by atoms with Crippen LogP contribution in [0.1, 0.15) is 12.8 Å². The molecule has 0 fully saturated rings. The lowest BCUT2D eigenvalue weighted by molar-refractivity contribution is 0.770. The van der Waals surface area contributed by atoms with Crippen molar-refractivity contribution < 1.29 is 0 Å². The molecule has 0 heterocycles. The lowest BCUT2D eigenvalue weighted by Crippen LogP contribution is -2.30. The highest BCUT2D eigenvalue weighted by atomic mass is 32.2. The Hall–Kier alpha value is -0.550. The molecular formula is C10H16N2OS2. The highest BCUT2D eigenvalue weighted by Gasteiger charge is 2.17. The fraction of sp³-hybridized carbons (Fsp3) is 0.600. The maximum absolute atomic E-state index is 11.4. The average Bonchev–Trinajstić information content (AvgIpc) is 2.24. The van der Waals surface area contributed by atoms with Crippen LogP contribution < -0.4 is 16.1 Å². The molecule has 15 heavy (non-hydrogen) atoms. The number of nitrogens with two attached hydrogens (primary N) is 1. The van der Waals surface area contributed by atoms with Crippen LogP contribution in [0.3, 0.4) is 0 Å². The van der Waals surface area contributed by atoms with Gasteiger partial charge in [0, 0.05) is 13.6 Å². The minimum absolute atomic E-state index is 0.0742. The molecule has 1 aromatic rings. The Morgan fingerprint density at radius 2 is 2.13 bits per heavy atom. The van der Waals surface area contributed by atoms with Crippen molar-refractivity contribution in [2.45, 2.75) is 12.8 Å². The maximum atomic E-state index is 11.4. The van der Waals surface area contributed by atoms with E-state index in [1.807, 2.05) is 23.7 Å². The third-order valence-electron chi connectivity index (χ3n) is 2.39. The first-order valence-corrected chi connectivity index (χ1v) is 6.68. The summed E-state index contributed by atoms with van der Waals surface area (Å²) in [4.78, 5) is 13.3. The van der Waals surface area contributed by atoms with Crippen LogP contribution in [0, 0.1) is 4.51 Å². The van der Waals surface area contributed by atoms with E-state index in [0.717, 1.165) is 25.1 Å². The van der Waals surface area contributed by atoms with Crippen LogP contribution in [0.25, 0.3) is 0 Å². The fourth-order valence-electron chi connectivity index (χ4n) is 1.48. The molecule has 0 saturated carbocycles. The fourth-order valence-corrected chi connectivity index (χ4v) is 2.17. The van der Waals surface area contributed by atoms with E-state index in [9.17, 15) is 4.79 Å². The number of hydrogen-bond donors (Lipinski definition) is 1. The van der Waals surface area contributed by atoms with Gasteiger partial charge in [-0.25, -0.2) is 0 Å². The molecule has 0 spiro atoms. The van der Waals surface area contributed by atoms with Gasteiger partial charge in [0.15, 0.2) is 0 Å². The molecular weight excluding hydrogens is 228 g/mol. The summed E-state index contributed by atoms with van der Waals surface area (Å²) in [6.45, 7) is 0.866. The van der Waals surface area contributed by atoms with Crippen LogP contribution in [0.15, 0.2) is 4.79 Å². The van der Waals surface area contributed by atoms with Crippen molar-refractivity contribution in [2.24, 2.45) is 0 Å². The topological polar surface area (TPSA) is 46.3 Å². The second kappa shape index (κ2) is 5.51. The van der Waals surface area contributed by atoms with Gasteiger partial charge in [0.25, 0.3) is 0 Å². The van der Waals surface area contributed by atoms with Crippen LogP contribution in [0.5, 0.6) is 0 Å². The molecule has 3 nitrogen and oxygen atoms in total. The van der Waals surface area contributed by atoms with Crippen molar-refractivity contribution in [3.8, 4) is 0 Å². The van der Waals surface area contributed by atoms with E-state index in [0.29, 0.717) is 15.9 Å². The zero-order valence-corrected chi connectivity index (χ0v) is 10.7. The summed E-state index contributed by atoms with van der Waals surface area (Å²) in [6.07, 6.45) is 4.34. The Morgan fingerprint density at radius 1 is 1.47 bits per heavy atom. The molecule has 1 rings (SSSR count). The van der Waals surface area contributed by atoms with Crippen LogP contribution >= 0.6 is 24.0 Å². The smallest absolute Gasteiger partial charge is 0.224 e. The lowest BCUT2D eigenvalue weighted by Gasteiger charge is -2.22. The van der Waals surface area contributed by atoms with Gasteiger partial charge in [-0.05, 0) is 24.9 Å². The molecule has 0 aliphatic rings. The Kier molecular flexibility index (Phi) is 4.60. The van der Waals surface area contributed by atoms with Crippen molar-refractivity contribution in [3.05, 3.63) is 14.7 Å². The van der Waals surface area contributed by atoms with Gasteiger partial charge in [0.05, 0.1) is 5.69 Å². The van der Waals surface area contributed by atoms with E-state index in [-0.39, 0.29) is 5.43 Å². The summed E-state index contributed by atoms with van der Waals surface area (Å²) in [5, 5.41) is 0. The van der Waals surface area contributed by atoms with Crippen LogP contribution in [0.4, 0.5) is 11.4 Å². The number of hydrogen-bond acceptors (Lipinski definition) is 5. The summed E-state index contributed by atoms with van der Waals surface area (Å²) in [6, 6.07) is 0. The second-order valence-electron chi connectivity index (χ2n) is 3.54. The van der Waals surface area contributed by atoms with Crippen LogP contribution in [-0.2, 0) is 0 Å². The maximum Gasteiger partial charge on any atom is 0.224 e. The SMILES string of the molecule is CSCCCCN(C)c1c(N)c(=S)c1=O. The standard InChI is InChI=1S/C10H16N2OS2/c1-12(5-3-4-6-15-2)8-7(11)10(14)9(8)13/h3-6,11H2,1-2H3. The van der Waals surface area contributed by atoms with Gasteiger partial charge in [0.1, 0.15) is 10.2 Å². The first-order chi connectivity index (χ1) is 7.09. The molecule has 0 bridgehead atoms. The molecule has 2 N–H and O–H groups in total. The first kappa shape index (κ1) is 12.5. The molecule has 0 aliphatic carbocycles. The minimum Gasteiger partial charge on any atom is -0.396 e. The number of nitrogen functional groups attached to an aromatic ring is 1. The highest BCUT2D eigenvalue weighted by molar-refractivity contribution is 7.98. The van der Waals surface area contributed by atoms with Gasteiger partial charge in [0.2, 0.25) is 5.43 Å². The molecule has 5 heteroatoms. The third-order valence-corrected chi connectivity index (χ3v) is 3.50. The van der Waals surface area contributed by atoms with E-state index in [1.54, 1.807) is 0 Å². The number of thioether (sulfide) groups is 1. The molecule has 0 atom stereocenters. The summed E-state index contributed by atoms with van der Waals surface area (Å²) in [5.41, 5.74) is 6.67. The van der Waals surface area contributed by atoms with Crippen LogP contribution in [-0.4, -0.2) is 25.6 Å². The Bertz CT molecular complexity index is 396. The highest BCUT2D eigenvalue weighted by Crippen LogP contribution is 2.22. The average molecular weight is 244 g/mol. The van der Waals surface area contributed by atoms with E-state index in [4.69, 9.17) is 18.0 Å². The summed E-state index contributed by atoms with van der Waals surface area (Å²) in [7, 11) is 1.89. The molecule has 0 aromatic heterocycles. The van der Waals surface area contributed by atoms with Crippen molar-refractivity contribution in [1.82, 2.24) is 0 Å². The predicted molar refractivity (Wildman–Crippen MR) is 71.2 cm³/mol. The van der Waals surface area contributed by atoms with Crippen molar-refractivity contribution in [3.63, 3.8) is 0 Å². The predicted octanol–water partition coefficient (Wildman–Crippen LogP) is 1.81. The summed E-state index contributed by atoms with van der Waals surface area (Å²) < 4.78 is 0.293. The van der Waals surface area contributed by atoms with E-state index < -0.39 is 0 Å². The minimum atomic E-state index is -0.0742. The quantitative estimate of drug-likeness (QED) is 0.611. The number of anilines is 2. The van der Waals surface area contributed by atoms with Gasteiger partial charge in [-0.3, -0.25) is 4.79 Å². The molecule has 0 amide bonds. The second-order valence-corrected chi connectivity index (χ2v) is 4.94. The van der Waals surface area contributed by atoms with Gasteiger partial charge >= 0.3 is 0 Å². The Labute approximate surface area is 99.3 Å². The molecule has 1 aromatic carbocycles. The number of rotatable bonds is 6. The van der Waals surface area contributed by atoms with E-state index in [2.05, 4.69) is 6.26 Å². The van der Waals surface area contributed by atoms with Gasteiger partial charge < -0.3 is 10.6 Å². The van der Waals surface area contributed by atoms with Crippen molar-refractivity contribution in [1.29, 1.82) is 0 Å². The number of unbranched alkanes of at least 4 members (excludes halogenated alkanes) is 1. The zero-order chi connectivity index (χ0) is 11.4. The van der Waals surface area contributed by atoms with Crippen LogP contribution in [0.2, 0.25) is 0 Å². The third kappa shape index (κ3) is 2.72. The van der Waals surface area contributed by atoms with Gasteiger partial charge in [-0.2, -0.15) is 11.8 Å². The molecule has 0 saturated heterocycles. The Balaban J connectivity index is 2.45. The molecule has 0 unspecified atom stereocenters. The van der Waals surface area contributed by atoms with E-state index in [1.165, 1.54) is 0 Å². The normalized spacial score (nSPS) is 10.8. The molecule has 0 radical (unpaired) electrons. The molecule has 84 valence electrons.